The van der Waals surface area contributed by atoms with Crippen molar-refractivity contribution in [2.75, 3.05) is 14.2 Å². The molecule has 2 aromatic rings. The lowest BCUT2D eigenvalue weighted by molar-refractivity contribution is 0.0958. The third kappa shape index (κ3) is 2.81. The first-order chi connectivity index (χ1) is 9.67. The lowest BCUT2D eigenvalue weighted by atomic mass is 9.97. The summed E-state index contributed by atoms with van der Waals surface area (Å²) < 4.78 is 10.4. The number of rotatable bonds is 5. The molecule has 104 valence electrons. The van der Waals surface area contributed by atoms with Crippen LogP contribution in [0.15, 0.2) is 48.5 Å². The Labute approximate surface area is 118 Å². The Morgan fingerprint density at radius 1 is 1.05 bits per heavy atom. The number of carbonyl (C=O) groups excluding carboxylic acids is 1. The molecular formula is C16H17NO3. The molecule has 2 aromatic carbocycles. The third-order valence-corrected chi connectivity index (χ3v) is 3.11. The molecule has 0 radical (unpaired) electrons. The Balaban J connectivity index is 2.37. The smallest absolute Gasteiger partial charge is 0.187 e. The molecule has 0 spiro atoms. The Hall–Kier alpha value is -2.33. The second-order valence-corrected chi connectivity index (χ2v) is 4.32. The van der Waals surface area contributed by atoms with E-state index >= 15 is 0 Å². The molecule has 20 heavy (non-hydrogen) atoms. The Morgan fingerprint density at radius 3 is 2.35 bits per heavy atom. The lowest BCUT2D eigenvalue weighted by Gasteiger charge is -2.14. The van der Waals surface area contributed by atoms with Crippen LogP contribution in [0.4, 0.5) is 0 Å². The highest BCUT2D eigenvalue weighted by Crippen LogP contribution is 2.27. The maximum atomic E-state index is 12.5. The molecule has 0 bridgehead atoms. The van der Waals surface area contributed by atoms with Gasteiger partial charge in [-0.05, 0) is 23.8 Å². The molecule has 0 aliphatic carbocycles. The first kappa shape index (κ1) is 14.1. The second kappa shape index (κ2) is 6.21. The summed E-state index contributed by atoms with van der Waals surface area (Å²) in [5.74, 6) is 0.878. The molecule has 4 nitrogen and oxygen atoms in total. The molecular weight excluding hydrogens is 254 g/mol. The predicted molar refractivity (Wildman–Crippen MR) is 77.2 cm³/mol. The molecule has 1 atom stereocenters. The summed E-state index contributed by atoms with van der Waals surface area (Å²) in [7, 11) is 3.07. The average molecular weight is 271 g/mol. The van der Waals surface area contributed by atoms with Gasteiger partial charge in [0.25, 0.3) is 0 Å². The molecule has 0 aliphatic heterocycles. The highest BCUT2D eigenvalue weighted by molar-refractivity contribution is 6.03. The molecule has 0 fully saturated rings. The van der Waals surface area contributed by atoms with Crippen molar-refractivity contribution >= 4 is 5.78 Å². The molecule has 2 rings (SSSR count). The van der Waals surface area contributed by atoms with Crippen molar-refractivity contribution in [1.82, 2.24) is 0 Å². The van der Waals surface area contributed by atoms with E-state index in [1.165, 1.54) is 7.11 Å². The number of hydrogen-bond acceptors (Lipinski definition) is 4. The SMILES string of the molecule is COc1ccc(OC)c(C(=O)[C@H](N)c2ccccc2)c1. The maximum Gasteiger partial charge on any atom is 0.187 e. The molecule has 0 aliphatic rings. The Bertz CT molecular complexity index is 596. The zero-order valence-corrected chi connectivity index (χ0v) is 11.5. The van der Waals surface area contributed by atoms with Gasteiger partial charge < -0.3 is 15.2 Å². The van der Waals surface area contributed by atoms with Gasteiger partial charge in [-0.25, -0.2) is 0 Å². The van der Waals surface area contributed by atoms with Crippen LogP contribution in [0.1, 0.15) is 22.0 Å². The van der Waals surface area contributed by atoms with E-state index in [1.54, 1.807) is 25.3 Å². The minimum absolute atomic E-state index is 0.202. The first-order valence-corrected chi connectivity index (χ1v) is 6.24. The number of ether oxygens (including phenoxy) is 2. The molecule has 0 amide bonds. The molecule has 0 unspecified atom stereocenters. The van der Waals surface area contributed by atoms with Crippen LogP contribution >= 0.6 is 0 Å². The van der Waals surface area contributed by atoms with Gasteiger partial charge in [0.05, 0.1) is 25.8 Å². The van der Waals surface area contributed by atoms with E-state index in [9.17, 15) is 4.79 Å². The van der Waals surface area contributed by atoms with Crippen molar-refractivity contribution in [2.45, 2.75) is 6.04 Å². The van der Waals surface area contributed by atoms with Gasteiger partial charge in [-0.15, -0.1) is 0 Å². The molecule has 0 saturated carbocycles. The first-order valence-electron chi connectivity index (χ1n) is 6.24. The second-order valence-electron chi connectivity index (χ2n) is 4.32. The highest BCUT2D eigenvalue weighted by Gasteiger charge is 2.21. The number of Topliss-reactive ketones (excluding diaryl/α,β-unsaturated/α-hetero) is 1. The third-order valence-electron chi connectivity index (χ3n) is 3.11. The number of nitrogens with two attached hydrogens (primary N) is 1. The summed E-state index contributed by atoms with van der Waals surface area (Å²) in [6, 6.07) is 13.6. The van der Waals surface area contributed by atoms with Crippen LogP contribution in [-0.4, -0.2) is 20.0 Å². The van der Waals surface area contributed by atoms with E-state index in [0.717, 1.165) is 5.56 Å². The normalized spacial score (nSPS) is 11.8. The minimum Gasteiger partial charge on any atom is -0.497 e. The predicted octanol–water partition coefficient (Wildman–Crippen LogP) is 2.59. The minimum atomic E-state index is -0.725. The van der Waals surface area contributed by atoms with Crippen molar-refractivity contribution in [2.24, 2.45) is 5.73 Å². The van der Waals surface area contributed by atoms with Crippen molar-refractivity contribution in [3.63, 3.8) is 0 Å². The fraction of sp³-hybridized carbons (Fsp3) is 0.188. The Morgan fingerprint density at radius 2 is 1.75 bits per heavy atom. The number of ketones is 1. The summed E-state index contributed by atoms with van der Waals surface area (Å²) in [5.41, 5.74) is 7.23. The molecule has 0 aromatic heterocycles. The van der Waals surface area contributed by atoms with E-state index in [2.05, 4.69) is 0 Å². The molecule has 4 heteroatoms. The van der Waals surface area contributed by atoms with Crippen LogP contribution in [0.3, 0.4) is 0 Å². The largest absolute Gasteiger partial charge is 0.497 e. The van der Waals surface area contributed by atoms with Gasteiger partial charge in [-0.2, -0.15) is 0 Å². The van der Waals surface area contributed by atoms with E-state index in [-0.39, 0.29) is 5.78 Å². The van der Waals surface area contributed by atoms with Gasteiger partial charge in [0.2, 0.25) is 0 Å². The summed E-state index contributed by atoms with van der Waals surface area (Å²) in [4.78, 5) is 12.5. The molecule has 0 heterocycles. The zero-order chi connectivity index (χ0) is 14.5. The van der Waals surface area contributed by atoms with E-state index in [1.807, 2.05) is 30.3 Å². The van der Waals surface area contributed by atoms with Crippen LogP contribution in [0.5, 0.6) is 11.5 Å². The standard InChI is InChI=1S/C16H17NO3/c1-19-12-8-9-14(20-2)13(10-12)16(18)15(17)11-6-4-3-5-7-11/h3-10,15H,17H2,1-2H3/t15-/m1/s1. The van der Waals surface area contributed by atoms with E-state index in [4.69, 9.17) is 15.2 Å². The zero-order valence-electron chi connectivity index (χ0n) is 11.5. The monoisotopic (exact) mass is 271 g/mol. The van der Waals surface area contributed by atoms with Crippen LogP contribution in [0, 0.1) is 0 Å². The van der Waals surface area contributed by atoms with Gasteiger partial charge in [0.15, 0.2) is 5.78 Å². The number of hydrogen-bond donors (Lipinski definition) is 1. The van der Waals surface area contributed by atoms with Crippen LogP contribution in [0.25, 0.3) is 0 Å². The molecule has 0 saturated heterocycles. The summed E-state index contributed by atoms with van der Waals surface area (Å²) in [6.07, 6.45) is 0. The highest BCUT2D eigenvalue weighted by atomic mass is 16.5. The quantitative estimate of drug-likeness (QED) is 0.849. The van der Waals surface area contributed by atoms with E-state index in [0.29, 0.717) is 17.1 Å². The van der Waals surface area contributed by atoms with Gasteiger partial charge in [-0.3, -0.25) is 4.79 Å². The van der Waals surface area contributed by atoms with Gasteiger partial charge >= 0.3 is 0 Å². The molecule has 2 N–H and O–H groups in total. The fourth-order valence-corrected chi connectivity index (χ4v) is 1.99. The summed E-state index contributed by atoms with van der Waals surface area (Å²) in [5, 5.41) is 0. The average Bonchev–Trinajstić information content (AvgIpc) is 2.53. The van der Waals surface area contributed by atoms with Crippen molar-refractivity contribution in [3.05, 3.63) is 59.7 Å². The summed E-state index contributed by atoms with van der Waals surface area (Å²) >= 11 is 0. The van der Waals surface area contributed by atoms with Crippen LogP contribution in [-0.2, 0) is 0 Å². The number of carbonyl (C=O) groups is 1. The van der Waals surface area contributed by atoms with Crippen molar-refractivity contribution < 1.29 is 14.3 Å². The van der Waals surface area contributed by atoms with E-state index < -0.39 is 6.04 Å². The maximum absolute atomic E-state index is 12.5. The van der Waals surface area contributed by atoms with Crippen molar-refractivity contribution in [1.29, 1.82) is 0 Å². The van der Waals surface area contributed by atoms with Crippen LogP contribution < -0.4 is 15.2 Å². The van der Waals surface area contributed by atoms with Gasteiger partial charge in [0, 0.05) is 0 Å². The topological polar surface area (TPSA) is 61.5 Å². The fourth-order valence-electron chi connectivity index (χ4n) is 1.99. The van der Waals surface area contributed by atoms with Gasteiger partial charge in [-0.1, -0.05) is 30.3 Å². The van der Waals surface area contributed by atoms with Gasteiger partial charge in [0.1, 0.15) is 11.5 Å². The number of methoxy groups -OCH3 is 2. The van der Waals surface area contributed by atoms with Crippen LogP contribution in [0.2, 0.25) is 0 Å². The summed E-state index contributed by atoms with van der Waals surface area (Å²) in [6.45, 7) is 0. The van der Waals surface area contributed by atoms with Crippen molar-refractivity contribution in [3.8, 4) is 11.5 Å². The lowest BCUT2D eigenvalue weighted by Crippen LogP contribution is -2.22. The Kier molecular flexibility index (Phi) is 4.38. The number of benzene rings is 2.